The fraction of sp³-hybridized carbons (Fsp3) is 0.150. The lowest BCUT2D eigenvalue weighted by atomic mass is 10.1. The minimum absolute atomic E-state index is 0.0136. The standard InChI is InChI=1S/C20H17N3O7/c1-13-20(23(26)27)18(30-21-13)9-7-14-6-8-17(19(11-14)28-2)29-12-15-4-3-5-16(10-15)22(24)25/h3-11H,12H2,1-2H3/b9-7-. The third-order valence-corrected chi connectivity index (χ3v) is 4.17. The maximum absolute atomic E-state index is 11.1. The van der Waals surface area contributed by atoms with E-state index >= 15 is 0 Å². The number of aromatic nitrogens is 1. The highest BCUT2D eigenvalue weighted by Crippen LogP contribution is 2.31. The van der Waals surface area contributed by atoms with Crippen molar-refractivity contribution >= 4 is 23.5 Å². The lowest BCUT2D eigenvalue weighted by molar-refractivity contribution is -0.386. The van der Waals surface area contributed by atoms with Crippen molar-refractivity contribution in [3.05, 3.63) is 85.3 Å². The van der Waals surface area contributed by atoms with Gasteiger partial charge in [0.2, 0.25) is 5.76 Å². The van der Waals surface area contributed by atoms with E-state index in [0.717, 1.165) is 0 Å². The molecule has 0 saturated carbocycles. The van der Waals surface area contributed by atoms with Gasteiger partial charge < -0.3 is 14.0 Å². The zero-order valence-electron chi connectivity index (χ0n) is 16.1. The third-order valence-electron chi connectivity index (χ3n) is 4.17. The summed E-state index contributed by atoms with van der Waals surface area (Å²) in [4.78, 5) is 21.0. The van der Waals surface area contributed by atoms with Crippen molar-refractivity contribution in [3.63, 3.8) is 0 Å². The number of nitro benzene ring substituents is 1. The van der Waals surface area contributed by atoms with E-state index in [-0.39, 0.29) is 29.4 Å². The van der Waals surface area contributed by atoms with Gasteiger partial charge in [-0.3, -0.25) is 20.2 Å². The van der Waals surface area contributed by atoms with E-state index in [0.29, 0.717) is 22.6 Å². The number of rotatable bonds is 8. The summed E-state index contributed by atoms with van der Waals surface area (Å²) in [6, 6.07) is 11.3. The van der Waals surface area contributed by atoms with Gasteiger partial charge in [0.15, 0.2) is 17.2 Å². The molecular formula is C20H17N3O7. The predicted octanol–water partition coefficient (Wildman–Crippen LogP) is 4.56. The van der Waals surface area contributed by atoms with Crippen LogP contribution in [-0.4, -0.2) is 22.1 Å². The Morgan fingerprint density at radius 1 is 1.07 bits per heavy atom. The Morgan fingerprint density at radius 2 is 1.87 bits per heavy atom. The molecule has 0 amide bonds. The van der Waals surface area contributed by atoms with Crippen LogP contribution >= 0.6 is 0 Å². The highest BCUT2D eigenvalue weighted by atomic mass is 16.6. The number of benzene rings is 2. The summed E-state index contributed by atoms with van der Waals surface area (Å²) in [5.74, 6) is 0.927. The molecule has 0 radical (unpaired) electrons. The summed E-state index contributed by atoms with van der Waals surface area (Å²) in [5.41, 5.74) is 1.33. The normalized spacial score (nSPS) is 10.9. The van der Waals surface area contributed by atoms with Gasteiger partial charge in [-0.2, -0.15) is 0 Å². The maximum atomic E-state index is 11.1. The van der Waals surface area contributed by atoms with Gasteiger partial charge in [0.05, 0.1) is 17.0 Å². The van der Waals surface area contributed by atoms with E-state index in [1.165, 1.54) is 32.2 Å². The molecule has 154 valence electrons. The van der Waals surface area contributed by atoms with Crippen LogP contribution in [0.3, 0.4) is 0 Å². The highest BCUT2D eigenvalue weighted by molar-refractivity contribution is 5.72. The molecule has 0 aliphatic heterocycles. The van der Waals surface area contributed by atoms with E-state index < -0.39 is 9.85 Å². The monoisotopic (exact) mass is 411 g/mol. The molecule has 3 aromatic rings. The molecule has 0 aliphatic carbocycles. The van der Waals surface area contributed by atoms with Crippen LogP contribution in [0.25, 0.3) is 12.2 Å². The van der Waals surface area contributed by atoms with Crippen LogP contribution in [0.4, 0.5) is 11.4 Å². The van der Waals surface area contributed by atoms with E-state index in [1.54, 1.807) is 36.4 Å². The Hall–Kier alpha value is -4.21. The fourth-order valence-corrected chi connectivity index (χ4v) is 2.71. The van der Waals surface area contributed by atoms with Gasteiger partial charge in [0.25, 0.3) is 5.69 Å². The van der Waals surface area contributed by atoms with Crippen molar-refractivity contribution in [1.82, 2.24) is 5.16 Å². The zero-order chi connectivity index (χ0) is 21.7. The van der Waals surface area contributed by atoms with Crippen molar-refractivity contribution in [2.75, 3.05) is 7.11 Å². The lowest BCUT2D eigenvalue weighted by Gasteiger charge is -2.11. The molecule has 0 atom stereocenters. The van der Waals surface area contributed by atoms with Gasteiger partial charge >= 0.3 is 5.69 Å². The van der Waals surface area contributed by atoms with E-state index in [9.17, 15) is 20.2 Å². The van der Waals surface area contributed by atoms with Gasteiger partial charge in [0, 0.05) is 12.1 Å². The molecule has 1 aromatic heterocycles. The molecule has 10 nitrogen and oxygen atoms in total. The Kier molecular flexibility index (Phi) is 6.06. The summed E-state index contributed by atoms with van der Waals surface area (Å²) in [5, 5.41) is 25.6. The molecule has 0 bridgehead atoms. The quantitative estimate of drug-likeness (QED) is 0.389. The molecule has 0 aliphatic rings. The first-order valence-electron chi connectivity index (χ1n) is 8.72. The third kappa shape index (κ3) is 4.61. The molecule has 0 saturated heterocycles. The van der Waals surface area contributed by atoms with Crippen molar-refractivity contribution in [2.45, 2.75) is 13.5 Å². The number of ether oxygens (including phenoxy) is 2. The average molecular weight is 411 g/mol. The molecule has 10 heteroatoms. The van der Waals surface area contributed by atoms with Crippen LogP contribution in [0, 0.1) is 27.2 Å². The van der Waals surface area contributed by atoms with Crippen LogP contribution in [-0.2, 0) is 6.61 Å². The second-order valence-electron chi connectivity index (χ2n) is 6.20. The first-order chi connectivity index (χ1) is 14.4. The van der Waals surface area contributed by atoms with Crippen molar-refractivity contribution < 1.29 is 23.8 Å². The molecule has 0 fully saturated rings. The summed E-state index contributed by atoms with van der Waals surface area (Å²) >= 11 is 0. The van der Waals surface area contributed by atoms with Gasteiger partial charge in [-0.1, -0.05) is 29.4 Å². The smallest absolute Gasteiger partial charge is 0.338 e. The second kappa shape index (κ2) is 8.86. The average Bonchev–Trinajstić information content (AvgIpc) is 3.11. The molecule has 3 rings (SSSR count). The first-order valence-corrected chi connectivity index (χ1v) is 8.72. The summed E-state index contributed by atoms with van der Waals surface area (Å²) < 4.78 is 16.1. The molecule has 2 aromatic carbocycles. The molecule has 1 heterocycles. The minimum atomic E-state index is -0.545. The molecule has 30 heavy (non-hydrogen) atoms. The van der Waals surface area contributed by atoms with E-state index in [4.69, 9.17) is 14.0 Å². The van der Waals surface area contributed by atoms with Crippen molar-refractivity contribution in [1.29, 1.82) is 0 Å². The molecular weight excluding hydrogens is 394 g/mol. The Labute approximate surface area is 170 Å². The number of methoxy groups -OCH3 is 1. The number of non-ortho nitro benzene ring substituents is 1. The fourth-order valence-electron chi connectivity index (χ4n) is 2.71. The van der Waals surface area contributed by atoms with E-state index in [1.807, 2.05) is 0 Å². The predicted molar refractivity (Wildman–Crippen MR) is 107 cm³/mol. The van der Waals surface area contributed by atoms with Crippen LogP contribution in [0.1, 0.15) is 22.6 Å². The van der Waals surface area contributed by atoms with E-state index in [2.05, 4.69) is 5.16 Å². The minimum Gasteiger partial charge on any atom is -0.493 e. The maximum Gasteiger partial charge on any atom is 0.338 e. The topological polar surface area (TPSA) is 131 Å². The van der Waals surface area contributed by atoms with Crippen LogP contribution in [0.5, 0.6) is 11.5 Å². The van der Waals surface area contributed by atoms with Crippen molar-refractivity contribution in [2.24, 2.45) is 0 Å². The van der Waals surface area contributed by atoms with Crippen molar-refractivity contribution in [3.8, 4) is 11.5 Å². The number of nitrogens with zero attached hydrogens (tertiary/aromatic N) is 3. The summed E-state index contributed by atoms with van der Waals surface area (Å²) in [6.45, 7) is 1.62. The number of hydrogen-bond acceptors (Lipinski definition) is 8. The Balaban J connectivity index is 1.76. The number of aryl methyl sites for hydroxylation is 1. The second-order valence-corrected chi connectivity index (χ2v) is 6.20. The highest BCUT2D eigenvalue weighted by Gasteiger charge is 2.21. The largest absolute Gasteiger partial charge is 0.493 e. The SMILES string of the molecule is COc1cc(/C=C\c2onc(C)c2[N+](=O)[O-])ccc1OCc1cccc([N+](=O)[O-])c1. The first kappa shape index (κ1) is 20.5. The molecule has 0 spiro atoms. The Morgan fingerprint density at radius 3 is 2.57 bits per heavy atom. The summed E-state index contributed by atoms with van der Waals surface area (Å²) in [6.07, 6.45) is 3.08. The van der Waals surface area contributed by atoms with Gasteiger partial charge in [-0.15, -0.1) is 0 Å². The van der Waals surface area contributed by atoms with Crippen LogP contribution in [0.2, 0.25) is 0 Å². The Bertz CT molecular complexity index is 1120. The van der Waals surface area contributed by atoms with Gasteiger partial charge in [-0.05, 0) is 36.3 Å². The molecule has 0 unspecified atom stereocenters. The summed E-state index contributed by atoms with van der Waals surface area (Å²) in [7, 11) is 1.48. The van der Waals surface area contributed by atoms with Gasteiger partial charge in [0.1, 0.15) is 6.61 Å². The van der Waals surface area contributed by atoms with Gasteiger partial charge in [-0.25, -0.2) is 0 Å². The zero-order valence-corrected chi connectivity index (χ0v) is 16.1. The number of nitro groups is 2. The van der Waals surface area contributed by atoms with Crippen LogP contribution in [0.15, 0.2) is 47.0 Å². The number of hydrogen-bond donors (Lipinski definition) is 0. The molecule has 0 N–H and O–H groups in total. The van der Waals surface area contributed by atoms with Crippen LogP contribution < -0.4 is 9.47 Å². The lowest BCUT2D eigenvalue weighted by Crippen LogP contribution is -1.99.